The Morgan fingerprint density at radius 3 is 2.31 bits per heavy atom. The first kappa shape index (κ1) is 14.8. The first-order valence-corrected chi connectivity index (χ1v) is 5.74. The highest BCUT2D eigenvalue weighted by molar-refractivity contribution is 5.18. The summed E-state index contributed by atoms with van der Waals surface area (Å²) >= 11 is 0. The van der Waals surface area contributed by atoms with Gasteiger partial charge in [-0.2, -0.15) is 0 Å². The highest BCUT2D eigenvalue weighted by Crippen LogP contribution is 2.13. The monoisotopic (exact) mass is 226 g/mol. The maximum absolute atomic E-state index is 12.8. The molecule has 16 heavy (non-hydrogen) atoms. The lowest BCUT2D eigenvalue weighted by Crippen LogP contribution is -1.91. The molecule has 0 amide bonds. The van der Waals surface area contributed by atoms with Crippen LogP contribution < -0.4 is 0 Å². The molecule has 0 nitrogen and oxygen atoms in total. The molecule has 0 aliphatic heterocycles. The van der Waals surface area contributed by atoms with Crippen LogP contribution in [0.4, 0.5) is 8.78 Å². The molecular formula is C14H20F2. The van der Waals surface area contributed by atoms with Crippen LogP contribution in [0.5, 0.6) is 0 Å². The maximum Gasteiger partial charge on any atom is 0.159 e. The van der Waals surface area contributed by atoms with Crippen LogP contribution in [-0.2, 0) is 6.42 Å². The zero-order valence-corrected chi connectivity index (χ0v) is 10.3. The van der Waals surface area contributed by atoms with E-state index in [0.29, 0.717) is 0 Å². The molecule has 0 aromatic heterocycles. The van der Waals surface area contributed by atoms with E-state index in [1.54, 1.807) is 6.07 Å². The SMILES string of the molecule is C=C(CC)CCc1ccc(F)c(F)c1.CC. The summed E-state index contributed by atoms with van der Waals surface area (Å²) in [6, 6.07) is 4.03. The summed E-state index contributed by atoms with van der Waals surface area (Å²) < 4.78 is 25.4. The molecule has 0 atom stereocenters. The first-order valence-electron chi connectivity index (χ1n) is 5.74. The minimum atomic E-state index is -0.789. The molecule has 1 rings (SSSR count). The van der Waals surface area contributed by atoms with Crippen molar-refractivity contribution in [3.8, 4) is 0 Å². The summed E-state index contributed by atoms with van der Waals surface area (Å²) in [5.41, 5.74) is 1.95. The Balaban J connectivity index is 0.00000106. The smallest absolute Gasteiger partial charge is 0.159 e. The van der Waals surface area contributed by atoms with E-state index < -0.39 is 11.6 Å². The van der Waals surface area contributed by atoms with Gasteiger partial charge in [0.15, 0.2) is 11.6 Å². The Morgan fingerprint density at radius 1 is 1.19 bits per heavy atom. The Bertz CT molecular complexity index is 330. The third-order valence-corrected chi connectivity index (χ3v) is 2.25. The fourth-order valence-electron chi connectivity index (χ4n) is 1.19. The van der Waals surface area contributed by atoms with Crippen molar-refractivity contribution < 1.29 is 8.78 Å². The van der Waals surface area contributed by atoms with Crippen molar-refractivity contribution >= 4 is 0 Å². The third kappa shape index (κ3) is 5.06. The third-order valence-electron chi connectivity index (χ3n) is 2.25. The second kappa shape index (κ2) is 8.03. The molecule has 0 saturated carbocycles. The molecule has 1 aromatic carbocycles. The summed E-state index contributed by atoms with van der Waals surface area (Å²) in [6.07, 6.45) is 2.50. The van der Waals surface area contributed by atoms with Crippen LogP contribution in [0.15, 0.2) is 30.4 Å². The molecule has 90 valence electrons. The highest BCUT2D eigenvalue weighted by atomic mass is 19.2. The Morgan fingerprint density at radius 2 is 1.81 bits per heavy atom. The molecular weight excluding hydrogens is 206 g/mol. The van der Waals surface area contributed by atoms with Gasteiger partial charge in [0.25, 0.3) is 0 Å². The molecule has 0 N–H and O–H groups in total. The second-order valence-electron chi connectivity index (χ2n) is 3.35. The molecule has 2 heteroatoms. The highest BCUT2D eigenvalue weighted by Gasteiger charge is 2.02. The summed E-state index contributed by atoms with van der Waals surface area (Å²) in [4.78, 5) is 0. The van der Waals surface area contributed by atoms with Crippen molar-refractivity contribution in [2.45, 2.75) is 40.0 Å². The molecule has 0 radical (unpaired) electrons. The van der Waals surface area contributed by atoms with E-state index in [2.05, 4.69) is 6.58 Å². The fraction of sp³-hybridized carbons (Fsp3) is 0.429. The van der Waals surface area contributed by atoms with Gasteiger partial charge < -0.3 is 0 Å². The number of aryl methyl sites for hydroxylation is 1. The number of hydrogen-bond acceptors (Lipinski definition) is 0. The summed E-state index contributed by atoms with van der Waals surface area (Å²) in [5, 5.41) is 0. The van der Waals surface area contributed by atoms with Gasteiger partial charge in [-0.25, -0.2) is 8.78 Å². The van der Waals surface area contributed by atoms with Crippen molar-refractivity contribution in [1.82, 2.24) is 0 Å². The molecule has 0 aliphatic rings. The van der Waals surface area contributed by atoms with E-state index in [9.17, 15) is 8.78 Å². The van der Waals surface area contributed by atoms with E-state index in [4.69, 9.17) is 0 Å². The number of rotatable bonds is 4. The molecule has 0 spiro atoms. The molecule has 0 saturated heterocycles. The van der Waals surface area contributed by atoms with Crippen LogP contribution >= 0.6 is 0 Å². The van der Waals surface area contributed by atoms with Gasteiger partial charge in [-0.1, -0.05) is 39.0 Å². The Hall–Kier alpha value is -1.18. The van der Waals surface area contributed by atoms with E-state index >= 15 is 0 Å². The van der Waals surface area contributed by atoms with Crippen molar-refractivity contribution in [1.29, 1.82) is 0 Å². The van der Waals surface area contributed by atoms with Crippen LogP contribution in [-0.4, -0.2) is 0 Å². The van der Waals surface area contributed by atoms with Gasteiger partial charge in [0, 0.05) is 0 Å². The van der Waals surface area contributed by atoms with E-state index in [0.717, 1.165) is 30.4 Å². The second-order valence-corrected chi connectivity index (χ2v) is 3.35. The quantitative estimate of drug-likeness (QED) is 0.641. The number of halogens is 2. The summed E-state index contributed by atoms with van der Waals surface area (Å²) in [6.45, 7) is 9.90. The average molecular weight is 226 g/mol. The maximum atomic E-state index is 12.8. The van der Waals surface area contributed by atoms with E-state index in [-0.39, 0.29) is 0 Å². The molecule has 0 unspecified atom stereocenters. The van der Waals surface area contributed by atoms with Crippen LogP contribution in [0, 0.1) is 11.6 Å². The topological polar surface area (TPSA) is 0 Å². The zero-order valence-electron chi connectivity index (χ0n) is 10.3. The van der Waals surface area contributed by atoms with Gasteiger partial charge in [-0.05, 0) is 37.0 Å². The van der Waals surface area contributed by atoms with Crippen LogP contribution in [0.2, 0.25) is 0 Å². The van der Waals surface area contributed by atoms with Gasteiger partial charge in [-0.15, -0.1) is 0 Å². The molecule has 0 heterocycles. The number of hydrogen-bond donors (Lipinski definition) is 0. The average Bonchev–Trinajstić information content (AvgIpc) is 2.33. The minimum absolute atomic E-state index is 0.726. The fourth-order valence-corrected chi connectivity index (χ4v) is 1.19. The van der Waals surface area contributed by atoms with Crippen molar-refractivity contribution in [3.63, 3.8) is 0 Å². The zero-order chi connectivity index (χ0) is 12.6. The lowest BCUT2D eigenvalue weighted by molar-refractivity contribution is 0.507. The van der Waals surface area contributed by atoms with Gasteiger partial charge in [0.1, 0.15) is 0 Å². The van der Waals surface area contributed by atoms with E-state index in [1.807, 2.05) is 20.8 Å². The van der Waals surface area contributed by atoms with Crippen LogP contribution in [0.3, 0.4) is 0 Å². The normalized spacial score (nSPS) is 9.31. The van der Waals surface area contributed by atoms with Gasteiger partial charge in [-0.3, -0.25) is 0 Å². The number of allylic oxidation sites excluding steroid dienone is 1. The minimum Gasteiger partial charge on any atom is -0.204 e. The van der Waals surface area contributed by atoms with Gasteiger partial charge in [0.2, 0.25) is 0 Å². The predicted molar refractivity (Wildman–Crippen MR) is 65.5 cm³/mol. The van der Waals surface area contributed by atoms with Crippen molar-refractivity contribution in [3.05, 3.63) is 47.5 Å². The Labute approximate surface area is 97.0 Å². The number of benzene rings is 1. The largest absolute Gasteiger partial charge is 0.204 e. The van der Waals surface area contributed by atoms with Crippen molar-refractivity contribution in [2.75, 3.05) is 0 Å². The first-order chi connectivity index (χ1) is 7.63. The predicted octanol–water partition coefficient (Wildman–Crippen LogP) is 4.89. The summed E-state index contributed by atoms with van der Waals surface area (Å²) in [7, 11) is 0. The molecule has 0 aliphatic carbocycles. The lowest BCUT2D eigenvalue weighted by atomic mass is 10.0. The summed E-state index contributed by atoms with van der Waals surface area (Å²) in [5.74, 6) is -1.56. The lowest BCUT2D eigenvalue weighted by Gasteiger charge is -2.03. The molecule has 0 bridgehead atoms. The molecule has 1 aromatic rings. The molecule has 0 fully saturated rings. The van der Waals surface area contributed by atoms with Crippen LogP contribution in [0.25, 0.3) is 0 Å². The van der Waals surface area contributed by atoms with Crippen LogP contribution in [0.1, 0.15) is 39.2 Å². The standard InChI is InChI=1S/C12H14F2.C2H6/c1-3-9(2)4-5-10-6-7-11(13)12(14)8-10;1-2/h6-8H,2-5H2,1H3;1-2H3. The van der Waals surface area contributed by atoms with Gasteiger partial charge >= 0.3 is 0 Å². The van der Waals surface area contributed by atoms with Gasteiger partial charge in [0.05, 0.1) is 0 Å². The Kier molecular flexibility index (Phi) is 7.44. The van der Waals surface area contributed by atoms with Crippen molar-refractivity contribution in [2.24, 2.45) is 0 Å². The van der Waals surface area contributed by atoms with E-state index in [1.165, 1.54) is 12.1 Å².